The molecule has 0 unspecified atom stereocenters. The third kappa shape index (κ3) is 7.26. The molecule has 2 saturated heterocycles. The Morgan fingerprint density at radius 1 is 1.08 bits per heavy atom. The SMILES string of the molecule is CNc1cc(OCCCN2CCCCC2)c(OC)cc1C(=N)N1CCN(C(=S)NCc2ncc[nH]2)CC1. The van der Waals surface area contributed by atoms with Crippen LogP contribution >= 0.6 is 12.2 Å². The predicted molar refractivity (Wildman–Crippen MR) is 151 cm³/mol. The lowest BCUT2D eigenvalue weighted by Crippen LogP contribution is -2.53. The molecule has 0 radical (unpaired) electrons. The summed E-state index contributed by atoms with van der Waals surface area (Å²) in [6.45, 7) is 7.59. The van der Waals surface area contributed by atoms with Crippen molar-refractivity contribution in [1.29, 1.82) is 5.41 Å². The lowest BCUT2D eigenvalue weighted by Gasteiger charge is -2.37. The van der Waals surface area contributed by atoms with E-state index in [1.807, 2.05) is 19.2 Å². The van der Waals surface area contributed by atoms with Crippen molar-refractivity contribution in [3.8, 4) is 11.5 Å². The summed E-state index contributed by atoms with van der Waals surface area (Å²) in [6.07, 6.45) is 8.47. The van der Waals surface area contributed by atoms with Crippen molar-refractivity contribution >= 4 is 28.9 Å². The van der Waals surface area contributed by atoms with E-state index in [9.17, 15) is 0 Å². The number of piperazine rings is 1. The van der Waals surface area contributed by atoms with E-state index >= 15 is 0 Å². The van der Waals surface area contributed by atoms with Gasteiger partial charge in [0.2, 0.25) is 0 Å². The van der Waals surface area contributed by atoms with Crippen LogP contribution in [0, 0.1) is 5.41 Å². The topological polar surface area (TPSA) is 105 Å². The van der Waals surface area contributed by atoms with Gasteiger partial charge >= 0.3 is 0 Å². The van der Waals surface area contributed by atoms with Crippen LogP contribution in [0.3, 0.4) is 0 Å². The van der Waals surface area contributed by atoms with Crippen molar-refractivity contribution < 1.29 is 9.47 Å². The van der Waals surface area contributed by atoms with Crippen LogP contribution < -0.4 is 20.1 Å². The summed E-state index contributed by atoms with van der Waals surface area (Å²) in [6, 6.07) is 3.86. The number of amidine groups is 1. The Kier molecular flexibility index (Phi) is 9.84. The first-order valence-electron chi connectivity index (χ1n) is 13.2. The molecule has 37 heavy (non-hydrogen) atoms. The van der Waals surface area contributed by atoms with E-state index in [4.69, 9.17) is 27.1 Å². The Morgan fingerprint density at radius 2 is 1.84 bits per heavy atom. The summed E-state index contributed by atoms with van der Waals surface area (Å²) in [5.41, 5.74) is 1.65. The summed E-state index contributed by atoms with van der Waals surface area (Å²) < 4.78 is 11.8. The molecule has 2 aliphatic rings. The molecular weight excluding hydrogens is 488 g/mol. The van der Waals surface area contributed by atoms with Crippen LogP contribution in [0.5, 0.6) is 11.5 Å². The quantitative estimate of drug-likeness (QED) is 0.160. The normalized spacial score (nSPS) is 16.4. The predicted octanol–water partition coefficient (Wildman–Crippen LogP) is 2.73. The lowest BCUT2D eigenvalue weighted by atomic mass is 10.1. The zero-order chi connectivity index (χ0) is 26.0. The van der Waals surface area contributed by atoms with E-state index in [0.29, 0.717) is 48.7 Å². The number of aromatic amines is 1. The van der Waals surface area contributed by atoms with E-state index in [-0.39, 0.29) is 0 Å². The fourth-order valence-electron chi connectivity index (χ4n) is 4.86. The minimum absolute atomic E-state index is 0.466. The Morgan fingerprint density at radius 3 is 2.51 bits per heavy atom. The Balaban J connectivity index is 1.31. The number of rotatable bonds is 10. The van der Waals surface area contributed by atoms with E-state index in [1.165, 1.54) is 32.4 Å². The second-order valence-electron chi connectivity index (χ2n) is 9.42. The molecular formula is C26H40N8O2S. The summed E-state index contributed by atoms with van der Waals surface area (Å²) in [4.78, 5) is 14.0. The van der Waals surface area contributed by atoms with Crippen LogP contribution in [0.2, 0.25) is 0 Å². The highest BCUT2D eigenvalue weighted by atomic mass is 32.1. The van der Waals surface area contributed by atoms with Crippen molar-refractivity contribution in [2.75, 3.05) is 71.9 Å². The molecule has 0 bridgehead atoms. The average Bonchev–Trinajstić information content (AvgIpc) is 3.47. The van der Waals surface area contributed by atoms with Gasteiger partial charge in [-0.15, -0.1) is 0 Å². The van der Waals surface area contributed by atoms with Gasteiger partial charge in [-0.05, 0) is 50.6 Å². The highest BCUT2D eigenvalue weighted by Gasteiger charge is 2.24. The molecule has 2 aliphatic heterocycles. The number of nitrogens with one attached hydrogen (secondary N) is 4. The van der Waals surface area contributed by atoms with Crippen molar-refractivity contribution in [3.63, 3.8) is 0 Å². The van der Waals surface area contributed by atoms with Gasteiger partial charge in [0.15, 0.2) is 16.6 Å². The molecule has 10 nitrogen and oxygen atoms in total. The monoisotopic (exact) mass is 528 g/mol. The largest absolute Gasteiger partial charge is 0.493 e. The smallest absolute Gasteiger partial charge is 0.169 e. The summed E-state index contributed by atoms with van der Waals surface area (Å²) in [7, 11) is 3.53. The second-order valence-corrected chi connectivity index (χ2v) is 9.81. The van der Waals surface area contributed by atoms with Crippen LogP contribution in [-0.2, 0) is 6.54 Å². The summed E-state index contributed by atoms with van der Waals surface area (Å²) >= 11 is 5.57. The molecule has 0 saturated carbocycles. The van der Waals surface area contributed by atoms with Crippen molar-refractivity contribution in [1.82, 2.24) is 30.0 Å². The number of hydrogen-bond donors (Lipinski definition) is 4. The van der Waals surface area contributed by atoms with Crippen LogP contribution in [0.15, 0.2) is 24.5 Å². The maximum Gasteiger partial charge on any atom is 0.169 e. The van der Waals surface area contributed by atoms with Crippen LogP contribution in [0.1, 0.15) is 37.1 Å². The molecule has 1 aromatic carbocycles. The molecule has 3 heterocycles. The van der Waals surface area contributed by atoms with Gasteiger partial charge in [0.25, 0.3) is 0 Å². The number of piperidine rings is 1. The van der Waals surface area contributed by atoms with Crippen LogP contribution in [0.4, 0.5) is 5.69 Å². The molecule has 0 amide bonds. The van der Waals surface area contributed by atoms with Crippen molar-refractivity contribution in [2.24, 2.45) is 0 Å². The van der Waals surface area contributed by atoms with Gasteiger partial charge in [-0.3, -0.25) is 5.41 Å². The molecule has 11 heteroatoms. The number of aromatic nitrogens is 2. The first-order chi connectivity index (χ1) is 18.1. The molecule has 2 fully saturated rings. The molecule has 4 rings (SSSR count). The highest BCUT2D eigenvalue weighted by Crippen LogP contribution is 2.34. The number of imidazole rings is 1. The maximum absolute atomic E-state index is 8.95. The van der Waals surface area contributed by atoms with Gasteiger partial charge in [-0.2, -0.15) is 0 Å². The van der Waals surface area contributed by atoms with E-state index in [2.05, 4.69) is 35.3 Å². The second kappa shape index (κ2) is 13.5. The van der Waals surface area contributed by atoms with Crippen molar-refractivity contribution in [2.45, 2.75) is 32.2 Å². The van der Waals surface area contributed by atoms with E-state index < -0.39 is 0 Å². The molecule has 2 aromatic rings. The van der Waals surface area contributed by atoms with Crippen LogP contribution in [0.25, 0.3) is 0 Å². The fourth-order valence-corrected chi connectivity index (χ4v) is 5.11. The minimum Gasteiger partial charge on any atom is -0.493 e. The number of likely N-dealkylation sites (tertiary alicyclic amines) is 1. The number of benzene rings is 1. The first-order valence-corrected chi connectivity index (χ1v) is 13.6. The van der Waals surface area contributed by atoms with E-state index in [0.717, 1.165) is 43.1 Å². The number of anilines is 1. The fraction of sp³-hybridized carbons (Fsp3) is 0.577. The number of thiocarbonyl (C=S) groups is 1. The molecule has 0 spiro atoms. The van der Waals surface area contributed by atoms with Gasteiger partial charge in [-0.1, -0.05) is 6.42 Å². The Hall–Kier alpha value is -3.05. The van der Waals surface area contributed by atoms with Gasteiger partial charge in [0.1, 0.15) is 11.7 Å². The van der Waals surface area contributed by atoms with Gasteiger partial charge in [0, 0.05) is 69.5 Å². The Labute approximate surface area is 225 Å². The molecule has 202 valence electrons. The average molecular weight is 529 g/mol. The zero-order valence-corrected chi connectivity index (χ0v) is 22.8. The standard InChI is InChI=1S/C26H40N8O2S/c1-28-21-18-23(36-16-6-11-32-9-4-3-5-10-32)22(35-2)17-20(21)25(27)33-12-14-34(15-13-33)26(37)31-19-24-29-7-8-30-24/h7-8,17-18,27-28H,3-6,9-16,19H2,1-2H3,(H,29,30)(H,31,37). The molecule has 0 atom stereocenters. The number of H-pyrrole nitrogens is 1. The minimum atomic E-state index is 0.466. The number of methoxy groups -OCH3 is 1. The third-order valence-electron chi connectivity index (χ3n) is 7.00. The lowest BCUT2D eigenvalue weighted by molar-refractivity contribution is 0.203. The third-order valence-corrected chi connectivity index (χ3v) is 7.40. The Bertz CT molecular complexity index is 1020. The first kappa shape index (κ1) is 27.0. The van der Waals surface area contributed by atoms with Crippen molar-refractivity contribution in [3.05, 3.63) is 35.9 Å². The van der Waals surface area contributed by atoms with Crippen LogP contribution in [-0.4, -0.2) is 102 Å². The molecule has 1 aromatic heterocycles. The number of ether oxygens (including phenoxy) is 2. The zero-order valence-electron chi connectivity index (χ0n) is 22.0. The number of hydrogen-bond acceptors (Lipinski definition) is 7. The van der Waals surface area contributed by atoms with Gasteiger partial charge in [-0.25, -0.2) is 4.98 Å². The summed E-state index contributed by atoms with van der Waals surface area (Å²) in [5.74, 6) is 2.68. The molecule has 4 N–H and O–H groups in total. The molecule has 0 aliphatic carbocycles. The van der Waals surface area contributed by atoms with E-state index in [1.54, 1.807) is 19.5 Å². The van der Waals surface area contributed by atoms with Gasteiger partial charge in [0.05, 0.1) is 20.3 Å². The highest BCUT2D eigenvalue weighted by molar-refractivity contribution is 7.80. The number of nitrogens with zero attached hydrogens (tertiary/aromatic N) is 4. The maximum atomic E-state index is 8.95. The van der Waals surface area contributed by atoms with Gasteiger partial charge < -0.3 is 39.8 Å². The summed E-state index contributed by atoms with van der Waals surface area (Å²) in [5, 5.41) is 16.2.